The summed E-state index contributed by atoms with van der Waals surface area (Å²) in [5, 5.41) is 8.87. The molecule has 0 fully saturated rings. The van der Waals surface area contributed by atoms with E-state index in [9.17, 15) is 8.42 Å². The summed E-state index contributed by atoms with van der Waals surface area (Å²) in [6, 6.07) is 4.54. The van der Waals surface area contributed by atoms with Crippen LogP contribution in [0.4, 0.5) is 0 Å². The molecule has 0 saturated carbocycles. The van der Waals surface area contributed by atoms with E-state index in [0.717, 1.165) is 0 Å². The fourth-order valence-electron chi connectivity index (χ4n) is 1.41. The van der Waals surface area contributed by atoms with Gasteiger partial charge in [0.1, 0.15) is 11.0 Å². The first kappa shape index (κ1) is 15.0. The lowest BCUT2D eigenvalue weighted by atomic mass is 10.3. The van der Waals surface area contributed by atoms with Gasteiger partial charge in [0.2, 0.25) is 10.0 Å². The Hall–Kier alpha value is -1.10. The number of hydrogen-bond acceptors (Lipinski definition) is 5. The van der Waals surface area contributed by atoms with Crippen molar-refractivity contribution in [2.75, 3.05) is 12.0 Å². The van der Waals surface area contributed by atoms with Gasteiger partial charge in [-0.2, -0.15) is 17.0 Å². The zero-order chi connectivity index (χ0) is 13.6. The highest BCUT2D eigenvalue weighted by atomic mass is 32.2. The van der Waals surface area contributed by atoms with Crippen molar-refractivity contribution in [3.05, 3.63) is 24.0 Å². The maximum atomic E-state index is 12.1. The molecule has 5 nitrogen and oxygen atoms in total. The third-order valence-corrected chi connectivity index (χ3v) is 4.64. The van der Waals surface area contributed by atoms with Gasteiger partial charge in [-0.3, -0.25) is 0 Å². The van der Waals surface area contributed by atoms with Gasteiger partial charge in [-0.15, -0.1) is 0 Å². The molecule has 0 amide bonds. The largest absolute Gasteiger partial charge is 0.244 e. The van der Waals surface area contributed by atoms with Crippen LogP contribution in [0.15, 0.2) is 23.2 Å². The van der Waals surface area contributed by atoms with Gasteiger partial charge in [0, 0.05) is 18.0 Å². The van der Waals surface area contributed by atoms with Crippen molar-refractivity contribution >= 4 is 21.8 Å². The normalized spacial score (nSPS) is 12.9. The number of rotatable bonds is 6. The van der Waals surface area contributed by atoms with Crippen molar-refractivity contribution < 1.29 is 8.42 Å². The zero-order valence-corrected chi connectivity index (χ0v) is 11.9. The summed E-state index contributed by atoms with van der Waals surface area (Å²) in [6.07, 6.45) is 4.01. The molecule has 98 valence electrons. The molecule has 1 unspecified atom stereocenters. The van der Waals surface area contributed by atoms with Crippen LogP contribution in [0.5, 0.6) is 0 Å². The standard InChI is InChI=1S/C11H15N3O2S2/c1-3-9(8-17-2)14-18(15,16)11-5-4-6-13-10(11)7-12/h4-6,9,14H,3,8H2,1-2H3. The molecule has 0 aliphatic carbocycles. The minimum absolute atomic E-state index is 0.0629. The van der Waals surface area contributed by atoms with Gasteiger partial charge in [0.25, 0.3) is 0 Å². The number of pyridine rings is 1. The molecule has 0 bridgehead atoms. The topological polar surface area (TPSA) is 82.8 Å². The predicted octanol–water partition coefficient (Wildman–Crippen LogP) is 1.37. The van der Waals surface area contributed by atoms with Gasteiger partial charge in [-0.25, -0.2) is 18.1 Å². The number of hydrogen-bond donors (Lipinski definition) is 1. The lowest BCUT2D eigenvalue weighted by Gasteiger charge is -2.16. The van der Waals surface area contributed by atoms with E-state index in [-0.39, 0.29) is 16.6 Å². The van der Waals surface area contributed by atoms with Crippen LogP contribution in [0.2, 0.25) is 0 Å². The lowest BCUT2D eigenvalue weighted by Crippen LogP contribution is -2.36. The molecule has 0 spiro atoms. The highest BCUT2D eigenvalue weighted by Gasteiger charge is 2.22. The quantitative estimate of drug-likeness (QED) is 0.853. The van der Waals surface area contributed by atoms with E-state index < -0.39 is 10.0 Å². The zero-order valence-electron chi connectivity index (χ0n) is 10.3. The summed E-state index contributed by atoms with van der Waals surface area (Å²) in [5.74, 6) is 0.692. The van der Waals surface area contributed by atoms with Gasteiger partial charge in [0.15, 0.2) is 5.69 Å². The Kier molecular flexibility index (Phi) is 5.59. The summed E-state index contributed by atoms with van der Waals surface area (Å²) >= 11 is 1.57. The first-order valence-electron chi connectivity index (χ1n) is 5.41. The summed E-state index contributed by atoms with van der Waals surface area (Å²) in [6.45, 7) is 1.91. The molecule has 0 saturated heterocycles. The van der Waals surface area contributed by atoms with Gasteiger partial charge >= 0.3 is 0 Å². The van der Waals surface area contributed by atoms with Crippen LogP contribution < -0.4 is 4.72 Å². The fourth-order valence-corrected chi connectivity index (χ4v) is 3.66. The third-order valence-electron chi connectivity index (χ3n) is 2.35. The number of thioether (sulfide) groups is 1. The first-order chi connectivity index (χ1) is 8.55. The number of nitrogens with zero attached hydrogens (tertiary/aromatic N) is 2. The van der Waals surface area contributed by atoms with E-state index in [4.69, 9.17) is 5.26 Å². The molecule has 1 aromatic rings. The maximum Gasteiger partial charge on any atom is 0.243 e. The van der Waals surface area contributed by atoms with Crippen LogP contribution in [0, 0.1) is 11.3 Å². The van der Waals surface area contributed by atoms with E-state index in [1.807, 2.05) is 13.2 Å². The van der Waals surface area contributed by atoms with Gasteiger partial charge < -0.3 is 0 Å². The number of sulfonamides is 1. The Bertz CT molecular complexity index is 537. The SMILES string of the molecule is CCC(CSC)NS(=O)(=O)c1cccnc1C#N. The minimum atomic E-state index is -3.68. The molecule has 0 aromatic carbocycles. The van der Waals surface area contributed by atoms with Crippen LogP contribution >= 0.6 is 11.8 Å². The first-order valence-corrected chi connectivity index (χ1v) is 8.29. The summed E-state index contributed by atoms with van der Waals surface area (Å²) in [5.41, 5.74) is -0.0796. The second-order valence-electron chi connectivity index (χ2n) is 3.64. The Morgan fingerprint density at radius 2 is 2.33 bits per heavy atom. The van der Waals surface area contributed by atoms with Crippen molar-refractivity contribution in [1.82, 2.24) is 9.71 Å². The van der Waals surface area contributed by atoms with E-state index in [0.29, 0.717) is 12.2 Å². The average Bonchev–Trinajstić information content (AvgIpc) is 2.38. The number of nitriles is 1. The predicted molar refractivity (Wildman–Crippen MR) is 71.7 cm³/mol. The van der Waals surface area contributed by atoms with Crippen molar-refractivity contribution in [3.63, 3.8) is 0 Å². The van der Waals surface area contributed by atoms with Crippen molar-refractivity contribution in [1.29, 1.82) is 5.26 Å². The molecule has 1 heterocycles. The molecule has 1 atom stereocenters. The van der Waals surface area contributed by atoms with Crippen molar-refractivity contribution in [2.24, 2.45) is 0 Å². The molecule has 7 heteroatoms. The molecular weight excluding hydrogens is 270 g/mol. The third kappa shape index (κ3) is 3.70. The second kappa shape index (κ2) is 6.73. The van der Waals surface area contributed by atoms with Gasteiger partial charge in [0.05, 0.1) is 0 Å². The molecule has 18 heavy (non-hydrogen) atoms. The van der Waals surface area contributed by atoms with Crippen LogP contribution in [0.3, 0.4) is 0 Å². The van der Waals surface area contributed by atoms with Gasteiger partial charge in [-0.05, 0) is 24.8 Å². The van der Waals surface area contributed by atoms with Crippen LogP contribution in [-0.2, 0) is 10.0 Å². The van der Waals surface area contributed by atoms with Crippen LogP contribution in [0.1, 0.15) is 19.0 Å². The van der Waals surface area contributed by atoms with E-state index in [1.165, 1.54) is 18.3 Å². The number of nitrogens with one attached hydrogen (secondary N) is 1. The van der Waals surface area contributed by atoms with E-state index >= 15 is 0 Å². The molecule has 0 aliphatic heterocycles. The molecule has 0 aliphatic rings. The molecule has 1 N–H and O–H groups in total. The molecular formula is C11H15N3O2S2. The van der Waals surface area contributed by atoms with Crippen molar-refractivity contribution in [2.45, 2.75) is 24.3 Å². The Morgan fingerprint density at radius 3 is 2.89 bits per heavy atom. The molecule has 0 radical (unpaired) electrons. The van der Waals surface area contributed by atoms with Gasteiger partial charge in [-0.1, -0.05) is 6.92 Å². The lowest BCUT2D eigenvalue weighted by molar-refractivity contribution is 0.557. The molecule has 1 aromatic heterocycles. The maximum absolute atomic E-state index is 12.1. The minimum Gasteiger partial charge on any atom is -0.244 e. The van der Waals surface area contributed by atoms with E-state index in [2.05, 4.69) is 9.71 Å². The van der Waals surface area contributed by atoms with Crippen LogP contribution in [-0.4, -0.2) is 31.5 Å². The van der Waals surface area contributed by atoms with E-state index in [1.54, 1.807) is 17.8 Å². The highest BCUT2D eigenvalue weighted by Crippen LogP contribution is 2.13. The van der Waals surface area contributed by atoms with Crippen molar-refractivity contribution in [3.8, 4) is 6.07 Å². The van der Waals surface area contributed by atoms with Crippen LogP contribution in [0.25, 0.3) is 0 Å². The number of aromatic nitrogens is 1. The fraction of sp³-hybridized carbons (Fsp3) is 0.455. The smallest absolute Gasteiger partial charge is 0.243 e. The monoisotopic (exact) mass is 285 g/mol. The highest BCUT2D eigenvalue weighted by molar-refractivity contribution is 7.98. The summed E-state index contributed by atoms with van der Waals surface area (Å²) < 4.78 is 26.9. The Balaban J connectivity index is 3.03. The summed E-state index contributed by atoms with van der Waals surface area (Å²) in [4.78, 5) is 3.69. The Morgan fingerprint density at radius 1 is 1.61 bits per heavy atom. The summed E-state index contributed by atoms with van der Waals surface area (Å²) in [7, 11) is -3.68. The molecule has 1 rings (SSSR count). The Labute approximate surface area is 112 Å². The second-order valence-corrected chi connectivity index (χ2v) is 6.24. The average molecular weight is 285 g/mol.